The van der Waals surface area contributed by atoms with E-state index in [9.17, 15) is 9.59 Å². The monoisotopic (exact) mass is 444 g/mol. The summed E-state index contributed by atoms with van der Waals surface area (Å²) in [5.41, 5.74) is 3.26. The fourth-order valence-electron chi connectivity index (χ4n) is 3.18. The van der Waals surface area contributed by atoms with Crippen LogP contribution >= 0.6 is 0 Å². The number of nitrogens with zero attached hydrogens (tertiary/aromatic N) is 2. The second kappa shape index (κ2) is 11.6. The first-order valence-corrected chi connectivity index (χ1v) is 10.8. The van der Waals surface area contributed by atoms with Gasteiger partial charge in [-0.25, -0.2) is 0 Å². The summed E-state index contributed by atoms with van der Waals surface area (Å²) in [6.45, 7) is 2.20. The number of likely N-dealkylation sites (N-methyl/N-ethyl adjacent to an activating group) is 1. The average Bonchev–Trinajstić information content (AvgIpc) is 2.83. The maximum atomic E-state index is 12.8. The summed E-state index contributed by atoms with van der Waals surface area (Å²) in [6, 6.07) is 18.8. The van der Waals surface area contributed by atoms with E-state index in [0.717, 1.165) is 16.7 Å². The molecule has 0 aliphatic rings. The van der Waals surface area contributed by atoms with Crippen molar-refractivity contribution in [2.24, 2.45) is 0 Å². The van der Waals surface area contributed by atoms with Crippen LogP contribution in [0.4, 0.5) is 0 Å². The van der Waals surface area contributed by atoms with Gasteiger partial charge in [-0.1, -0.05) is 30.3 Å². The van der Waals surface area contributed by atoms with Gasteiger partial charge in [-0.3, -0.25) is 14.6 Å². The lowest BCUT2D eigenvalue weighted by Crippen LogP contribution is -2.22. The molecule has 1 heterocycles. The van der Waals surface area contributed by atoms with Crippen LogP contribution in [0.25, 0.3) is 11.6 Å². The van der Waals surface area contributed by atoms with Crippen LogP contribution in [-0.4, -0.2) is 42.5 Å². The standard InChI is InChI=1S/C27H28N2O4/c1-4-32-26(30)16-9-20-7-12-23(13-8-20)33-24-14-10-22(11-15-24)25(27(31)29(2)3)18-21-6-5-17-28-19-21/h5-8,10-15,17-19H,4,9,16H2,1-3H3. The van der Waals surface area contributed by atoms with Gasteiger partial charge in [0, 0.05) is 38.5 Å². The number of rotatable bonds is 9. The summed E-state index contributed by atoms with van der Waals surface area (Å²) in [7, 11) is 3.46. The van der Waals surface area contributed by atoms with Crippen LogP contribution in [0.15, 0.2) is 73.1 Å². The Morgan fingerprint density at radius 1 is 0.970 bits per heavy atom. The van der Waals surface area contributed by atoms with Crippen LogP contribution in [-0.2, 0) is 20.7 Å². The summed E-state index contributed by atoms with van der Waals surface area (Å²) in [5, 5.41) is 0. The molecule has 33 heavy (non-hydrogen) atoms. The van der Waals surface area contributed by atoms with Crippen molar-refractivity contribution in [1.29, 1.82) is 0 Å². The van der Waals surface area contributed by atoms with Crippen molar-refractivity contribution in [3.8, 4) is 11.5 Å². The third-order valence-corrected chi connectivity index (χ3v) is 4.88. The molecule has 0 aliphatic heterocycles. The second-order valence-corrected chi connectivity index (χ2v) is 7.62. The molecule has 0 N–H and O–H groups in total. The Kier molecular flexibility index (Phi) is 8.36. The highest BCUT2D eigenvalue weighted by atomic mass is 16.5. The molecule has 0 fully saturated rings. The fraction of sp³-hybridized carbons (Fsp3) is 0.222. The summed E-state index contributed by atoms with van der Waals surface area (Å²) >= 11 is 0. The molecule has 0 spiro atoms. The average molecular weight is 445 g/mol. The second-order valence-electron chi connectivity index (χ2n) is 7.62. The Bertz CT molecular complexity index is 1090. The SMILES string of the molecule is CCOC(=O)CCc1ccc(Oc2ccc(C(=Cc3cccnc3)C(=O)N(C)C)cc2)cc1. The zero-order chi connectivity index (χ0) is 23.6. The Balaban J connectivity index is 1.70. The van der Waals surface area contributed by atoms with Gasteiger partial charge in [-0.05, 0) is 66.4 Å². The number of pyridine rings is 1. The number of carbonyl (C=O) groups excluding carboxylic acids is 2. The summed E-state index contributed by atoms with van der Waals surface area (Å²) in [6.07, 6.45) is 6.23. The number of hydrogen-bond acceptors (Lipinski definition) is 5. The molecule has 6 nitrogen and oxygen atoms in total. The van der Waals surface area contributed by atoms with Crippen LogP contribution in [0.3, 0.4) is 0 Å². The highest BCUT2D eigenvalue weighted by molar-refractivity contribution is 6.24. The van der Waals surface area contributed by atoms with Crippen LogP contribution in [0.5, 0.6) is 11.5 Å². The first kappa shape index (κ1) is 23.7. The summed E-state index contributed by atoms with van der Waals surface area (Å²) in [4.78, 5) is 29.9. The highest BCUT2D eigenvalue weighted by Crippen LogP contribution is 2.26. The fourth-order valence-corrected chi connectivity index (χ4v) is 3.18. The smallest absolute Gasteiger partial charge is 0.306 e. The van der Waals surface area contributed by atoms with Gasteiger partial charge in [0.1, 0.15) is 11.5 Å². The number of carbonyl (C=O) groups is 2. The van der Waals surface area contributed by atoms with E-state index < -0.39 is 0 Å². The normalized spacial score (nSPS) is 11.1. The van der Waals surface area contributed by atoms with Gasteiger partial charge in [-0.2, -0.15) is 0 Å². The van der Waals surface area contributed by atoms with Crippen molar-refractivity contribution >= 4 is 23.5 Å². The molecule has 1 aromatic heterocycles. The minimum absolute atomic E-state index is 0.0917. The number of aromatic nitrogens is 1. The molecule has 0 radical (unpaired) electrons. The van der Waals surface area contributed by atoms with Gasteiger partial charge in [0.2, 0.25) is 0 Å². The first-order valence-electron chi connectivity index (χ1n) is 10.8. The maximum Gasteiger partial charge on any atom is 0.306 e. The molecule has 3 aromatic rings. The molecular weight excluding hydrogens is 416 g/mol. The molecule has 170 valence electrons. The molecular formula is C27H28N2O4. The van der Waals surface area contributed by atoms with Gasteiger partial charge in [0.05, 0.1) is 6.61 Å². The van der Waals surface area contributed by atoms with Gasteiger partial charge in [0.15, 0.2) is 0 Å². The molecule has 6 heteroatoms. The zero-order valence-electron chi connectivity index (χ0n) is 19.2. The van der Waals surface area contributed by atoms with Crippen LogP contribution in [0, 0.1) is 0 Å². The van der Waals surface area contributed by atoms with Crippen molar-refractivity contribution in [1.82, 2.24) is 9.88 Å². The van der Waals surface area contributed by atoms with Crippen molar-refractivity contribution in [2.45, 2.75) is 19.8 Å². The van der Waals surface area contributed by atoms with Crippen molar-refractivity contribution in [3.05, 3.63) is 89.7 Å². The third kappa shape index (κ3) is 7.04. The van der Waals surface area contributed by atoms with E-state index in [1.165, 1.54) is 0 Å². The topological polar surface area (TPSA) is 68.7 Å². The quantitative estimate of drug-likeness (QED) is 0.343. The van der Waals surface area contributed by atoms with E-state index in [1.807, 2.05) is 66.7 Å². The summed E-state index contributed by atoms with van der Waals surface area (Å²) in [5.74, 6) is 1.07. The largest absolute Gasteiger partial charge is 0.466 e. The predicted molar refractivity (Wildman–Crippen MR) is 129 cm³/mol. The van der Waals surface area contributed by atoms with Crippen LogP contribution < -0.4 is 4.74 Å². The number of amides is 1. The molecule has 2 aromatic carbocycles. The molecule has 0 unspecified atom stereocenters. The van der Waals surface area contributed by atoms with Crippen LogP contribution in [0.1, 0.15) is 30.0 Å². The zero-order valence-corrected chi connectivity index (χ0v) is 19.2. The molecule has 0 saturated heterocycles. The molecule has 0 aliphatic carbocycles. The van der Waals surface area contributed by atoms with Gasteiger partial charge in [0.25, 0.3) is 5.91 Å². The molecule has 3 rings (SSSR count). The number of ether oxygens (including phenoxy) is 2. The predicted octanol–water partition coefficient (Wildman–Crippen LogP) is 5.00. The van der Waals surface area contributed by atoms with Gasteiger partial charge in [-0.15, -0.1) is 0 Å². The third-order valence-electron chi connectivity index (χ3n) is 4.88. The minimum atomic E-state index is -0.192. The van der Waals surface area contributed by atoms with E-state index in [0.29, 0.717) is 36.5 Å². The lowest BCUT2D eigenvalue weighted by molar-refractivity contribution is -0.143. The number of hydrogen-bond donors (Lipinski definition) is 0. The minimum Gasteiger partial charge on any atom is -0.466 e. The van der Waals surface area contributed by atoms with Gasteiger partial charge < -0.3 is 14.4 Å². The molecule has 0 saturated carbocycles. The molecule has 1 amide bonds. The van der Waals surface area contributed by atoms with Crippen molar-refractivity contribution < 1.29 is 19.1 Å². The number of benzene rings is 2. The van der Waals surface area contributed by atoms with Crippen LogP contribution in [0.2, 0.25) is 0 Å². The Hall–Kier alpha value is -3.93. The molecule has 0 bridgehead atoms. The van der Waals surface area contributed by atoms with Gasteiger partial charge >= 0.3 is 5.97 Å². The number of aryl methyl sites for hydroxylation is 1. The van der Waals surface area contributed by atoms with E-state index in [-0.39, 0.29) is 11.9 Å². The van der Waals surface area contributed by atoms with Crippen molar-refractivity contribution in [3.63, 3.8) is 0 Å². The summed E-state index contributed by atoms with van der Waals surface area (Å²) < 4.78 is 10.9. The van der Waals surface area contributed by atoms with E-state index in [4.69, 9.17) is 9.47 Å². The number of esters is 1. The Morgan fingerprint density at radius 3 is 2.21 bits per heavy atom. The lowest BCUT2D eigenvalue weighted by Gasteiger charge is -2.15. The first-order chi connectivity index (χ1) is 16.0. The molecule has 0 atom stereocenters. The Morgan fingerprint density at radius 2 is 1.64 bits per heavy atom. The van der Waals surface area contributed by atoms with Crippen molar-refractivity contribution in [2.75, 3.05) is 20.7 Å². The lowest BCUT2D eigenvalue weighted by atomic mass is 10.0. The van der Waals surface area contributed by atoms with E-state index in [1.54, 1.807) is 38.3 Å². The maximum absolute atomic E-state index is 12.8. The van der Waals surface area contributed by atoms with E-state index >= 15 is 0 Å². The highest BCUT2D eigenvalue weighted by Gasteiger charge is 2.14. The Labute approximate surface area is 194 Å². The van der Waals surface area contributed by atoms with E-state index in [2.05, 4.69) is 4.98 Å².